The van der Waals surface area contributed by atoms with Gasteiger partial charge in [-0.15, -0.1) is 11.3 Å². The quantitative estimate of drug-likeness (QED) is 0.903. The first-order valence-corrected chi connectivity index (χ1v) is 7.43. The summed E-state index contributed by atoms with van der Waals surface area (Å²) in [6.07, 6.45) is 1.17. The van der Waals surface area contributed by atoms with Crippen molar-refractivity contribution in [1.29, 1.82) is 0 Å². The highest BCUT2D eigenvalue weighted by Crippen LogP contribution is 2.31. The smallest absolute Gasteiger partial charge is 0.227 e. The zero-order chi connectivity index (χ0) is 14.0. The summed E-state index contributed by atoms with van der Waals surface area (Å²) in [4.78, 5) is 11.1. The molecular formula is C14H21N3OS. The maximum Gasteiger partial charge on any atom is 0.227 e. The molecule has 0 saturated heterocycles. The predicted octanol–water partition coefficient (Wildman–Crippen LogP) is 3.85. The Labute approximate surface area is 118 Å². The third kappa shape index (κ3) is 3.35. The summed E-state index contributed by atoms with van der Waals surface area (Å²) < 4.78 is 6.01. The molecule has 0 saturated carbocycles. The minimum absolute atomic E-state index is 0.156. The highest BCUT2D eigenvalue weighted by molar-refractivity contribution is 7.18. The standard InChI is InChI=1S/C14H21N3OS/c1-8(2)6-9(3)18-12-11-7-10(4)19-13(11)17-14(15-5)16-12/h7-9H,6H2,1-5H3,(H,15,16,17). The van der Waals surface area contributed by atoms with E-state index < -0.39 is 0 Å². The summed E-state index contributed by atoms with van der Waals surface area (Å²) in [5.41, 5.74) is 0. The molecule has 0 fully saturated rings. The van der Waals surface area contributed by atoms with Gasteiger partial charge in [-0.2, -0.15) is 4.98 Å². The third-order valence-corrected chi connectivity index (χ3v) is 3.77. The van der Waals surface area contributed by atoms with E-state index in [-0.39, 0.29) is 6.10 Å². The van der Waals surface area contributed by atoms with Gasteiger partial charge in [0.1, 0.15) is 4.83 Å². The Morgan fingerprint density at radius 1 is 1.32 bits per heavy atom. The van der Waals surface area contributed by atoms with E-state index in [0.717, 1.165) is 16.6 Å². The van der Waals surface area contributed by atoms with Crippen LogP contribution in [0.5, 0.6) is 5.88 Å². The second-order valence-corrected chi connectivity index (χ2v) is 6.47. The summed E-state index contributed by atoms with van der Waals surface area (Å²) in [5.74, 6) is 1.91. The normalized spacial score (nSPS) is 12.9. The molecule has 2 aromatic rings. The fraction of sp³-hybridized carbons (Fsp3) is 0.571. The number of rotatable bonds is 5. The Bertz CT molecular complexity index is 565. The van der Waals surface area contributed by atoms with E-state index >= 15 is 0 Å². The molecule has 1 unspecified atom stereocenters. The van der Waals surface area contributed by atoms with Crippen LogP contribution >= 0.6 is 11.3 Å². The van der Waals surface area contributed by atoms with Crippen molar-refractivity contribution < 1.29 is 4.74 Å². The van der Waals surface area contributed by atoms with E-state index in [1.54, 1.807) is 11.3 Å². The number of hydrogen-bond acceptors (Lipinski definition) is 5. The molecular weight excluding hydrogens is 258 g/mol. The summed E-state index contributed by atoms with van der Waals surface area (Å²) >= 11 is 1.67. The Balaban J connectivity index is 2.34. The maximum absolute atomic E-state index is 6.01. The van der Waals surface area contributed by atoms with Crippen LogP contribution in [0, 0.1) is 12.8 Å². The van der Waals surface area contributed by atoms with Gasteiger partial charge in [0, 0.05) is 11.9 Å². The van der Waals surface area contributed by atoms with Crippen LogP contribution in [-0.2, 0) is 0 Å². The number of ether oxygens (including phenoxy) is 1. The molecule has 0 aliphatic rings. The van der Waals surface area contributed by atoms with Crippen LogP contribution in [0.4, 0.5) is 5.95 Å². The maximum atomic E-state index is 6.01. The Morgan fingerprint density at radius 2 is 2.05 bits per heavy atom. The average molecular weight is 279 g/mol. The van der Waals surface area contributed by atoms with E-state index in [4.69, 9.17) is 4.74 Å². The number of nitrogens with zero attached hydrogens (tertiary/aromatic N) is 2. The van der Waals surface area contributed by atoms with E-state index in [1.165, 1.54) is 4.88 Å². The molecule has 19 heavy (non-hydrogen) atoms. The minimum atomic E-state index is 0.156. The van der Waals surface area contributed by atoms with E-state index in [0.29, 0.717) is 17.7 Å². The Morgan fingerprint density at radius 3 is 2.68 bits per heavy atom. The first-order chi connectivity index (χ1) is 8.99. The van der Waals surface area contributed by atoms with Crippen molar-refractivity contribution >= 4 is 27.5 Å². The fourth-order valence-corrected chi connectivity index (χ4v) is 2.99. The molecule has 5 heteroatoms. The molecule has 2 rings (SSSR count). The van der Waals surface area contributed by atoms with Crippen LogP contribution < -0.4 is 10.1 Å². The van der Waals surface area contributed by atoms with Crippen LogP contribution in [0.15, 0.2) is 6.07 Å². The summed E-state index contributed by atoms with van der Waals surface area (Å²) in [7, 11) is 1.82. The lowest BCUT2D eigenvalue weighted by atomic mass is 10.1. The SMILES string of the molecule is CNc1nc(OC(C)CC(C)C)c2cc(C)sc2n1. The summed E-state index contributed by atoms with van der Waals surface area (Å²) in [5, 5.41) is 4.00. The molecule has 0 aliphatic carbocycles. The minimum Gasteiger partial charge on any atom is -0.474 e. The Kier molecular flexibility index (Phi) is 4.24. The lowest BCUT2D eigenvalue weighted by Crippen LogP contribution is -2.15. The number of anilines is 1. The first kappa shape index (κ1) is 14.1. The molecule has 0 amide bonds. The number of fused-ring (bicyclic) bond motifs is 1. The van der Waals surface area contributed by atoms with Crippen LogP contribution in [-0.4, -0.2) is 23.1 Å². The highest BCUT2D eigenvalue weighted by Gasteiger charge is 2.14. The number of aromatic nitrogens is 2. The van der Waals surface area contributed by atoms with Gasteiger partial charge >= 0.3 is 0 Å². The molecule has 1 atom stereocenters. The highest BCUT2D eigenvalue weighted by atomic mass is 32.1. The Hall–Kier alpha value is -1.36. The van der Waals surface area contributed by atoms with Gasteiger partial charge in [0.15, 0.2) is 0 Å². The van der Waals surface area contributed by atoms with Gasteiger partial charge in [-0.1, -0.05) is 13.8 Å². The molecule has 2 aromatic heterocycles. The molecule has 1 N–H and O–H groups in total. The molecule has 0 aromatic carbocycles. The van der Waals surface area contributed by atoms with Crippen molar-refractivity contribution in [1.82, 2.24) is 9.97 Å². The van der Waals surface area contributed by atoms with Gasteiger partial charge in [-0.3, -0.25) is 0 Å². The third-order valence-electron chi connectivity index (χ3n) is 2.82. The molecule has 0 aliphatic heterocycles. The largest absolute Gasteiger partial charge is 0.474 e. The van der Waals surface area contributed by atoms with Gasteiger partial charge in [-0.05, 0) is 32.3 Å². The second-order valence-electron chi connectivity index (χ2n) is 5.24. The van der Waals surface area contributed by atoms with Crippen LogP contribution in [0.25, 0.3) is 10.2 Å². The molecule has 2 heterocycles. The van der Waals surface area contributed by atoms with Crippen molar-refractivity contribution in [3.8, 4) is 5.88 Å². The molecule has 0 spiro atoms. The molecule has 4 nitrogen and oxygen atoms in total. The zero-order valence-corrected chi connectivity index (χ0v) is 13.0. The van der Waals surface area contributed by atoms with Crippen molar-refractivity contribution in [2.75, 3.05) is 12.4 Å². The first-order valence-electron chi connectivity index (χ1n) is 6.62. The second kappa shape index (κ2) is 5.74. The monoisotopic (exact) mass is 279 g/mol. The van der Waals surface area contributed by atoms with Gasteiger partial charge in [-0.25, -0.2) is 4.98 Å². The van der Waals surface area contributed by atoms with Crippen molar-refractivity contribution in [3.05, 3.63) is 10.9 Å². The van der Waals surface area contributed by atoms with Crippen molar-refractivity contribution in [2.45, 2.75) is 40.2 Å². The average Bonchev–Trinajstić information content (AvgIpc) is 2.68. The van der Waals surface area contributed by atoms with Crippen LogP contribution in [0.3, 0.4) is 0 Å². The van der Waals surface area contributed by atoms with E-state index in [9.17, 15) is 0 Å². The molecule has 0 radical (unpaired) electrons. The lowest BCUT2D eigenvalue weighted by Gasteiger charge is -2.16. The van der Waals surface area contributed by atoms with E-state index in [1.807, 2.05) is 7.05 Å². The number of nitrogens with one attached hydrogen (secondary N) is 1. The lowest BCUT2D eigenvalue weighted by molar-refractivity contribution is 0.188. The number of thiophene rings is 1. The van der Waals surface area contributed by atoms with Gasteiger partial charge in [0.25, 0.3) is 0 Å². The molecule has 0 bridgehead atoms. The summed E-state index contributed by atoms with van der Waals surface area (Å²) in [6, 6.07) is 2.09. The topological polar surface area (TPSA) is 47.0 Å². The zero-order valence-electron chi connectivity index (χ0n) is 12.2. The van der Waals surface area contributed by atoms with E-state index in [2.05, 4.69) is 49.0 Å². The predicted molar refractivity (Wildman–Crippen MR) is 81.2 cm³/mol. The van der Waals surface area contributed by atoms with Crippen molar-refractivity contribution in [2.24, 2.45) is 5.92 Å². The molecule has 104 valence electrons. The van der Waals surface area contributed by atoms with Crippen LogP contribution in [0.1, 0.15) is 32.1 Å². The number of hydrogen-bond donors (Lipinski definition) is 1. The van der Waals surface area contributed by atoms with Crippen molar-refractivity contribution in [3.63, 3.8) is 0 Å². The van der Waals surface area contributed by atoms with Gasteiger partial charge in [0.2, 0.25) is 11.8 Å². The van der Waals surface area contributed by atoms with Crippen LogP contribution in [0.2, 0.25) is 0 Å². The fourth-order valence-electron chi connectivity index (χ4n) is 2.12. The summed E-state index contributed by atoms with van der Waals surface area (Å²) in [6.45, 7) is 8.56. The van der Waals surface area contributed by atoms with Gasteiger partial charge < -0.3 is 10.1 Å². The number of aryl methyl sites for hydroxylation is 1. The van der Waals surface area contributed by atoms with Gasteiger partial charge in [0.05, 0.1) is 11.5 Å².